The fraction of sp³-hybridized carbons (Fsp3) is 0.389. The molecule has 1 fully saturated rings. The predicted molar refractivity (Wildman–Crippen MR) is 93.0 cm³/mol. The topological polar surface area (TPSA) is 75.0 Å². The second-order valence-corrected chi connectivity index (χ2v) is 6.69. The zero-order valence-electron chi connectivity index (χ0n) is 14.3. The van der Waals surface area contributed by atoms with Crippen molar-refractivity contribution in [3.05, 3.63) is 36.5 Å². The van der Waals surface area contributed by atoms with Gasteiger partial charge in [0.15, 0.2) is 11.5 Å². The molecule has 1 aliphatic rings. The molecule has 3 aromatic rings. The molecule has 0 bridgehead atoms. The number of carbonyl (C=O) groups excluding carboxylic acids is 1. The molecule has 0 aliphatic heterocycles. The van der Waals surface area contributed by atoms with Crippen molar-refractivity contribution >= 4 is 16.9 Å². The van der Waals surface area contributed by atoms with Crippen LogP contribution in [0.3, 0.4) is 0 Å². The smallest absolute Gasteiger partial charge is 0.390 e. The first-order valence-corrected chi connectivity index (χ1v) is 8.65. The SMILES string of the molecule is O=C(c1ccc(-c2ncnc3[nH]ccc23)o1)N(CCC(F)(F)F)CC1CC1.[HH]. The molecular weight excluding hydrogens is 361 g/mol. The van der Waals surface area contributed by atoms with E-state index < -0.39 is 18.5 Å². The van der Waals surface area contributed by atoms with Crippen LogP contribution in [0.15, 0.2) is 35.1 Å². The molecule has 0 radical (unpaired) electrons. The lowest BCUT2D eigenvalue weighted by Crippen LogP contribution is -2.35. The van der Waals surface area contributed by atoms with E-state index in [0.29, 0.717) is 23.6 Å². The summed E-state index contributed by atoms with van der Waals surface area (Å²) in [7, 11) is 0. The van der Waals surface area contributed by atoms with Gasteiger partial charge in [0.2, 0.25) is 0 Å². The number of furan rings is 1. The third-order valence-corrected chi connectivity index (χ3v) is 4.53. The highest BCUT2D eigenvalue weighted by Gasteiger charge is 2.33. The number of carbonyl (C=O) groups is 1. The molecule has 1 saturated carbocycles. The lowest BCUT2D eigenvalue weighted by atomic mass is 10.2. The van der Waals surface area contributed by atoms with Crippen molar-refractivity contribution in [2.45, 2.75) is 25.4 Å². The third kappa shape index (κ3) is 3.96. The number of alkyl halides is 3. The predicted octanol–water partition coefficient (Wildman–Crippen LogP) is 4.27. The number of halogens is 3. The fourth-order valence-corrected chi connectivity index (χ4v) is 2.95. The van der Waals surface area contributed by atoms with E-state index >= 15 is 0 Å². The number of rotatable bonds is 6. The summed E-state index contributed by atoms with van der Waals surface area (Å²) in [4.78, 5) is 25.2. The van der Waals surface area contributed by atoms with E-state index in [4.69, 9.17) is 4.42 Å². The third-order valence-electron chi connectivity index (χ3n) is 4.53. The largest absolute Gasteiger partial charge is 0.449 e. The Morgan fingerprint density at radius 2 is 2.11 bits per heavy atom. The van der Waals surface area contributed by atoms with Crippen molar-refractivity contribution in [2.24, 2.45) is 5.92 Å². The summed E-state index contributed by atoms with van der Waals surface area (Å²) in [6.07, 6.45) is -0.378. The minimum Gasteiger partial charge on any atom is -0.449 e. The van der Waals surface area contributed by atoms with Crippen LogP contribution in [0.4, 0.5) is 13.2 Å². The Morgan fingerprint density at radius 1 is 1.30 bits per heavy atom. The molecule has 0 spiro atoms. The summed E-state index contributed by atoms with van der Waals surface area (Å²) in [5.41, 5.74) is 1.15. The van der Waals surface area contributed by atoms with Crippen LogP contribution >= 0.6 is 0 Å². The molecule has 3 aromatic heterocycles. The van der Waals surface area contributed by atoms with Crippen LogP contribution in [0, 0.1) is 5.92 Å². The zero-order valence-corrected chi connectivity index (χ0v) is 14.3. The van der Waals surface area contributed by atoms with Gasteiger partial charge in [0.25, 0.3) is 5.91 Å². The van der Waals surface area contributed by atoms with Gasteiger partial charge < -0.3 is 14.3 Å². The lowest BCUT2D eigenvalue weighted by molar-refractivity contribution is -0.136. The fourth-order valence-electron chi connectivity index (χ4n) is 2.95. The minimum atomic E-state index is -4.31. The summed E-state index contributed by atoms with van der Waals surface area (Å²) in [6, 6.07) is 4.87. The van der Waals surface area contributed by atoms with Gasteiger partial charge in [-0.15, -0.1) is 0 Å². The number of nitrogens with one attached hydrogen (secondary N) is 1. The average molecular weight is 380 g/mol. The normalized spacial score (nSPS) is 14.6. The minimum absolute atomic E-state index is 0. The van der Waals surface area contributed by atoms with Crippen molar-refractivity contribution in [1.29, 1.82) is 0 Å². The standard InChI is InChI=1S/C18H17F3N4O2.H2/c19-18(20,21)6-8-25(9-11-1-2-11)17(26)14-4-3-13(27-14)15-12-5-7-22-16(12)24-10-23-15;/h3-5,7,10-11H,1-2,6,8-9H2,(H,22,23,24);1H. The van der Waals surface area contributed by atoms with Gasteiger partial charge in [-0.3, -0.25) is 4.79 Å². The molecule has 0 atom stereocenters. The first-order chi connectivity index (χ1) is 12.9. The van der Waals surface area contributed by atoms with E-state index in [2.05, 4.69) is 15.0 Å². The van der Waals surface area contributed by atoms with E-state index in [0.717, 1.165) is 18.2 Å². The number of aromatic amines is 1. The molecule has 27 heavy (non-hydrogen) atoms. The monoisotopic (exact) mass is 380 g/mol. The van der Waals surface area contributed by atoms with Gasteiger partial charge in [-0.1, -0.05) is 0 Å². The molecular formula is C18H19F3N4O2. The number of nitrogens with zero attached hydrogens (tertiary/aromatic N) is 3. The number of hydrogen-bond acceptors (Lipinski definition) is 4. The van der Waals surface area contributed by atoms with Gasteiger partial charge in [-0.2, -0.15) is 13.2 Å². The highest BCUT2D eigenvalue weighted by molar-refractivity contribution is 5.93. The number of aromatic nitrogens is 3. The maximum Gasteiger partial charge on any atom is 0.390 e. The summed E-state index contributed by atoms with van der Waals surface area (Å²) in [5.74, 6) is 0.123. The molecule has 1 N–H and O–H groups in total. The van der Waals surface area contributed by atoms with Crippen molar-refractivity contribution in [1.82, 2.24) is 19.9 Å². The van der Waals surface area contributed by atoms with Crippen molar-refractivity contribution in [2.75, 3.05) is 13.1 Å². The summed E-state index contributed by atoms with van der Waals surface area (Å²) in [6.45, 7) is -0.0507. The lowest BCUT2D eigenvalue weighted by Gasteiger charge is -2.22. The second kappa shape index (κ2) is 6.71. The molecule has 0 unspecified atom stereocenters. The molecule has 6 nitrogen and oxygen atoms in total. The highest BCUT2D eigenvalue weighted by atomic mass is 19.4. The quantitative estimate of drug-likeness (QED) is 0.693. The van der Waals surface area contributed by atoms with Crippen LogP contribution in [0.2, 0.25) is 0 Å². The van der Waals surface area contributed by atoms with Crippen LogP contribution in [0.1, 0.15) is 31.2 Å². The molecule has 4 rings (SSSR count). The molecule has 0 saturated heterocycles. The van der Waals surface area contributed by atoms with Crippen molar-refractivity contribution in [3.63, 3.8) is 0 Å². The van der Waals surface area contributed by atoms with Gasteiger partial charge in [0.1, 0.15) is 17.7 Å². The van der Waals surface area contributed by atoms with E-state index in [-0.39, 0.29) is 19.6 Å². The van der Waals surface area contributed by atoms with Crippen LogP contribution in [0.25, 0.3) is 22.5 Å². The number of hydrogen-bond donors (Lipinski definition) is 1. The summed E-state index contributed by atoms with van der Waals surface area (Å²) < 4.78 is 43.4. The Morgan fingerprint density at radius 3 is 2.85 bits per heavy atom. The second-order valence-electron chi connectivity index (χ2n) is 6.69. The highest BCUT2D eigenvalue weighted by Crippen LogP contribution is 2.32. The summed E-state index contributed by atoms with van der Waals surface area (Å²) >= 11 is 0. The Hall–Kier alpha value is -2.84. The molecule has 1 amide bonds. The maximum absolute atomic E-state index is 12.7. The molecule has 144 valence electrons. The Bertz CT molecular complexity index is 965. The zero-order chi connectivity index (χ0) is 19.0. The number of H-pyrrole nitrogens is 1. The Kier molecular flexibility index (Phi) is 4.37. The Balaban J connectivity index is 0.00000225. The van der Waals surface area contributed by atoms with Crippen LogP contribution in [0.5, 0.6) is 0 Å². The average Bonchev–Trinajstić information content (AvgIpc) is 3.11. The van der Waals surface area contributed by atoms with E-state index in [1.54, 1.807) is 18.3 Å². The molecule has 9 heteroatoms. The number of fused-ring (bicyclic) bond motifs is 1. The van der Waals surface area contributed by atoms with Gasteiger partial charge in [0.05, 0.1) is 6.42 Å². The first kappa shape index (κ1) is 17.6. The van der Waals surface area contributed by atoms with Crippen LogP contribution in [-0.2, 0) is 0 Å². The van der Waals surface area contributed by atoms with E-state index in [1.807, 2.05) is 0 Å². The first-order valence-electron chi connectivity index (χ1n) is 8.65. The van der Waals surface area contributed by atoms with Gasteiger partial charge in [0, 0.05) is 26.1 Å². The van der Waals surface area contributed by atoms with Gasteiger partial charge in [-0.05, 0) is 37.0 Å². The summed E-state index contributed by atoms with van der Waals surface area (Å²) in [5, 5.41) is 0.734. The Labute approximate surface area is 153 Å². The molecule has 3 heterocycles. The maximum atomic E-state index is 12.7. The van der Waals surface area contributed by atoms with Gasteiger partial charge >= 0.3 is 6.18 Å². The molecule has 0 aromatic carbocycles. The van der Waals surface area contributed by atoms with Crippen molar-refractivity contribution < 1.29 is 23.8 Å². The van der Waals surface area contributed by atoms with Crippen LogP contribution < -0.4 is 0 Å². The number of amides is 1. The van der Waals surface area contributed by atoms with E-state index in [9.17, 15) is 18.0 Å². The molecule has 1 aliphatic carbocycles. The van der Waals surface area contributed by atoms with Crippen molar-refractivity contribution in [3.8, 4) is 11.5 Å². The van der Waals surface area contributed by atoms with Crippen LogP contribution in [-0.4, -0.2) is 45.0 Å². The van der Waals surface area contributed by atoms with Gasteiger partial charge in [-0.25, -0.2) is 9.97 Å². The van der Waals surface area contributed by atoms with E-state index in [1.165, 1.54) is 17.3 Å².